The monoisotopic (exact) mass is 106 g/mol. The average molecular weight is 106 g/mol. The van der Waals surface area contributed by atoms with Gasteiger partial charge in [-0.3, -0.25) is 0 Å². The second-order valence-corrected chi connectivity index (χ2v) is 0.986. The molecular formula is C4H14N2O. The van der Waals surface area contributed by atoms with Gasteiger partial charge in [0, 0.05) is 13.2 Å². The van der Waals surface area contributed by atoms with Gasteiger partial charge in [-0.1, -0.05) is 0 Å². The van der Waals surface area contributed by atoms with E-state index >= 15 is 0 Å². The van der Waals surface area contributed by atoms with Crippen LogP contribution in [-0.2, 0) is 4.74 Å². The molecule has 0 aromatic heterocycles. The maximum atomic E-state index is 5.09. The Bertz CT molecular complexity index is 21.7. The van der Waals surface area contributed by atoms with Crippen LogP contribution in [0, 0.1) is 0 Å². The molecule has 0 saturated heterocycles. The lowest BCUT2D eigenvalue weighted by Crippen LogP contribution is -2.07. The van der Waals surface area contributed by atoms with Crippen molar-refractivity contribution in [3.05, 3.63) is 0 Å². The summed E-state index contributed by atoms with van der Waals surface area (Å²) in [6.45, 7) is 4.05. The van der Waals surface area contributed by atoms with Crippen LogP contribution >= 0.6 is 0 Å². The molecule has 0 unspecified atom stereocenters. The van der Waals surface area contributed by atoms with E-state index in [-0.39, 0.29) is 6.15 Å². The van der Waals surface area contributed by atoms with Crippen LogP contribution in [0.1, 0.15) is 6.92 Å². The summed E-state index contributed by atoms with van der Waals surface area (Å²) in [5.41, 5.74) is 5.09. The molecule has 0 radical (unpaired) electrons. The van der Waals surface area contributed by atoms with Crippen molar-refractivity contribution >= 4 is 0 Å². The Morgan fingerprint density at radius 2 is 2.14 bits per heavy atom. The predicted octanol–water partition coefficient (Wildman–Crippen LogP) is 0.144. The first-order valence-corrected chi connectivity index (χ1v) is 2.19. The highest BCUT2D eigenvalue weighted by Gasteiger charge is 1.72. The van der Waals surface area contributed by atoms with Gasteiger partial charge < -0.3 is 16.6 Å². The Balaban J connectivity index is 0. The van der Waals surface area contributed by atoms with Crippen molar-refractivity contribution in [3.8, 4) is 0 Å². The average Bonchev–Trinajstić information content (AvgIpc) is 1.61. The van der Waals surface area contributed by atoms with Crippen molar-refractivity contribution < 1.29 is 4.74 Å². The molecule has 5 N–H and O–H groups in total. The number of hydrogen-bond donors (Lipinski definition) is 2. The van der Waals surface area contributed by atoms with E-state index in [4.69, 9.17) is 10.5 Å². The lowest BCUT2D eigenvalue weighted by molar-refractivity contribution is 0.155. The van der Waals surface area contributed by atoms with Gasteiger partial charge >= 0.3 is 0 Å². The summed E-state index contributed by atoms with van der Waals surface area (Å²) in [6.07, 6.45) is 0. The molecule has 46 valence electrons. The zero-order chi connectivity index (χ0) is 4.83. The predicted molar refractivity (Wildman–Crippen MR) is 30.6 cm³/mol. The SMILES string of the molecule is CCOCCN.N. The number of nitrogens with two attached hydrogens (primary N) is 1. The molecule has 3 nitrogen and oxygen atoms in total. The largest absolute Gasteiger partial charge is 0.380 e. The smallest absolute Gasteiger partial charge is 0.0588 e. The number of hydrogen-bond acceptors (Lipinski definition) is 3. The first-order chi connectivity index (χ1) is 2.91. The van der Waals surface area contributed by atoms with E-state index in [1.807, 2.05) is 6.92 Å². The Kier molecular flexibility index (Phi) is 13.3. The number of rotatable bonds is 3. The third-order valence-electron chi connectivity index (χ3n) is 0.466. The highest BCUT2D eigenvalue weighted by Crippen LogP contribution is 1.64. The molecule has 0 atom stereocenters. The summed E-state index contributed by atoms with van der Waals surface area (Å²) in [4.78, 5) is 0. The van der Waals surface area contributed by atoms with Crippen molar-refractivity contribution in [2.24, 2.45) is 5.73 Å². The number of ether oxygens (including phenoxy) is 1. The van der Waals surface area contributed by atoms with Gasteiger partial charge in [0.05, 0.1) is 6.61 Å². The van der Waals surface area contributed by atoms with E-state index in [1.165, 1.54) is 0 Å². The molecule has 0 saturated carbocycles. The van der Waals surface area contributed by atoms with Crippen LogP contribution in [0.25, 0.3) is 0 Å². The highest BCUT2D eigenvalue weighted by molar-refractivity contribution is 4.25. The molecule has 0 aliphatic rings. The zero-order valence-corrected chi connectivity index (χ0v) is 4.81. The van der Waals surface area contributed by atoms with Crippen molar-refractivity contribution in [2.75, 3.05) is 19.8 Å². The van der Waals surface area contributed by atoms with Gasteiger partial charge in [-0.15, -0.1) is 0 Å². The minimum atomic E-state index is 0. The normalized spacial score (nSPS) is 7.71. The van der Waals surface area contributed by atoms with Gasteiger partial charge in [-0.05, 0) is 6.92 Å². The summed E-state index contributed by atoms with van der Waals surface area (Å²) in [5, 5.41) is 0. The van der Waals surface area contributed by atoms with Crippen LogP contribution in [0.15, 0.2) is 0 Å². The highest BCUT2D eigenvalue weighted by atomic mass is 16.5. The van der Waals surface area contributed by atoms with E-state index in [2.05, 4.69) is 0 Å². The van der Waals surface area contributed by atoms with Crippen LogP contribution in [0.4, 0.5) is 0 Å². The van der Waals surface area contributed by atoms with Crippen LogP contribution < -0.4 is 11.9 Å². The van der Waals surface area contributed by atoms with Gasteiger partial charge in [0.2, 0.25) is 0 Å². The molecular weight excluding hydrogens is 92.1 g/mol. The maximum Gasteiger partial charge on any atom is 0.0588 e. The second kappa shape index (κ2) is 9.30. The Morgan fingerprint density at radius 1 is 1.57 bits per heavy atom. The molecule has 0 rings (SSSR count). The van der Waals surface area contributed by atoms with Crippen molar-refractivity contribution in [2.45, 2.75) is 6.92 Å². The standard InChI is InChI=1S/C4H11NO.H3N/c1-2-6-4-3-5;/h2-5H2,1H3;1H3. The molecule has 0 bridgehead atoms. The first-order valence-electron chi connectivity index (χ1n) is 2.19. The van der Waals surface area contributed by atoms with Crippen molar-refractivity contribution in [1.29, 1.82) is 0 Å². The van der Waals surface area contributed by atoms with Crippen LogP contribution in [0.5, 0.6) is 0 Å². The van der Waals surface area contributed by atoms with E-state index in [0.717, 1.165) is 6.61 Å². The zero-order valence-electron chi connectivity index (χ0n) is 4.81. The molecule has 0 fully saturated rings. The fourth-order valence-corrected chi connectivity index (χ4v) is 0.228. The Labute approximate surface area is 44.4 Å². The fourth-order valence-electron chi connectivity index (χ4n) is 0.228. The fraction of sp³-hybridized carbons (Fsp3) is 1.00. The molecule has 0 amide bonds. The lowest BCUT2D eigenvalue weighted by atomic mass is 10.7. The second-order valence-electron chi connectivity index (χ2n) is 0.986. The van der Waals surface area contributed by atoms with Gasteiger partial charge in [0.25, 0.3) is 0 Å². The molecule has 3 heteroatoms. The molecule has 0 aliphatic carbocycles. The lowest BCUT2D eigenvalue weighted by Gasteiger charge is -1.91. The van der Waals surface area contributed by atoms with E-state index in [1.54, 1.807) is 0 Å². The van der Waals surface area contributed by atoms with Crippen molar-refractivity contribution in [1.82, 2.24) is 6.15 Å². The van der Waals surface area contributed by atoms with E-state index in [0.29, 0.717) is 13.2 Å². The third-order valence-corrected chi connectivity index (χ3v) is 0.466. The molecule has 0 spiro atoms. The van der Waals surface area contributed by atoms with Gasteiger partial charge in [-0.2, -0.15) is 0 Å². The van der Waals surface area contributed by atoms with E-state index in [9.17, 15) is 0 Å². The van der Waals surface area contributed by atoms with Crippen LogP contribution in [0.3, 0.4) is 0 Å². The molecule has 0 aromatic carbocycles. The quantitative estimate of drug-likeness (QED) is 0.503. The Hall–Kier alpha value is -0.120. The molecule has 0 aliphatic heterocycles. The van der Waals surface area contributed by atoms with Gasteiger partial charge in [0.1, 0.15) is 0 Å². The van der Waals surface area contributed by atoms with Crippen LogP contribution in [-0.4, -0.2) is 19.8 Å². The Morgan fingerprint density at radius 3 is 2.29 bits per heavy atom. The minimum Gasteiger partial charge on any atom is -0.380 e. The van der Waals surface area contributed by atoms with Gasteiger partial charge in [0.15, 0.2) is 0 Å². The van der Waals surface area contributed by atoms with Crippen molar-refractivity contribution in [3.63, 3.8) is 0 Å². The summed E-state index contributed by atoms with van der Waals surface area (Å²) >= 11 is 0. The summed E-state index contributed by atoms with van der Waals surface area (Å²) in [6, 6.07) is 0. The molecule has 7 heavy (non-hydrogen) atoms. The van der Waals surface area contributed by atoms with Gasteiger partial charge in [-0.25, -0.2) is 0 Å². The van der Waals surface area contributed by atoms with Crippen LogP contribution in [0.2, 0.25) is 0 Å². The van der Waals surface area contributed by atoms with E-state index < -0.39 is 0 Å². The minimum absolute atomic E-state index is 0. The summed E-state index contributed by atoms with van der Waals surface area (Å²) in [7, 11) is 0. The maximum absolute atomic E-state index is 5.09. The molecule has 0 heterocycles. The third kappa shape index (κ3) is 10.7. The topological polar surface area (TPSA) is 70.2 Å². The summed E-state index contributed by atoms with van der Waals surface area (Å²) in [5.74, 6) is 0. The summed E-state index contributed by atoms with van der Waals surface area (Å²) < 4.78 is 4.86. The molecule has 0 aromatic rings. The first kappa shape index (κ1) is 9.99.